The largest absolute Gasteiger partial charge is 0.338 e. The third-order valence-corrected chi connectivity index (χ3v) is 4.85. The van der Waals surface area contributed by atoms with E-state index in [1.807, 2.05) is 21.0 Å². The minimum absolute atomic E-state index is 0.000333. The van der Waals surface area contributed by atoms with Gasteiger partial charge in [0.1, 0.15) is 11.9 Å². The molecule has 10 heteroatoms. The Morgan fingerprint density at radius 1 is 1.26 bits per heavy atom. The Balaban J connectivity index is 2.24. The highest BCUT2D eigenvalue weighted by atomic mass is 32.2. The first-order valence-corrected chi connectivity index (χ1v) is 9.53. The van der Waals surface area contributed by atoms with E-state index in [9.17, 15) is 14.0 Å². The Morgan fingerprint density at radius 3 is 2.52 bits per heavy atom. The summed E-state index contributed by atoms with van der Waals surface area (Å²) in [7, 11) is 4.00. The molecule has 0 saturated carbocycles. The van der Waals surface area contributed by atoms with Crippen molar-refractivity contribution in [3.63, 3.8) is 0 Å². The molecule has 3 amide bonds. The van der Waals surface area contributed by atoms with Crippen LogP contribution in [0.15, 0.2) is 29.4 Å². The van der Waals surface area contributed by atoms with E-state index in [1.54, 1.807) is 23.6 Å². The molecule has 0 aliphatic carbocycles. The number of imide groups is 1. The van der Waals surface area contributed by atoms with Gasteiger partial charge in [0.2, 0.25) is 5.91 Å². The number of nitrogens with zero attached hydrogens (tertiary/aromatic N) is 3. The third-order valence-electron chi connectivity index (χ3n) is 3.92. The van der Waals surface area contributed by atoms with E-state index in [0.29, 0.717) is 23.2 Å². The standard InChI is InChI=1S/C17H23FN6O2S/c1-5-19-16(26)20-14(25)10-27-17-22-21-15(11(2)23(3)4)24(17)13-8-6-12(18)7-9-13/h6-9,11H,5,10H2,1-4H3,(H2,19,20,25,26)/p+1/t11-/m0/s1. The minimum atomic E-state index is -0.534. The van der Waals surface area contributed by atoms with Crippen molar-refractivity contribution in [2.45, 2.75) is 25.0 Å². The zero-order chi connectivity index (χ0) is 20.0. The molecular weight excluding hydrogens is 371 g/mol. The molecule has 0 radical (unpaired) electrons. The van der Waals surface area contributed by atoms with Crippen molar-refractivity contribution in [1.82, 2.24) is 25.4 Å². The van der Waals surface area contributed by atoms with Crippen molar-refractivity contribution in [3.8, 4) is 5.69 Å². The average molecular weight is 395 g/mol. The number of carbonyl (C=O) groups excluding carboxylic acids is 2. The summed E-state index contributed by atoms with van der Waals surface area (Å²) in [6, 6.07) is 5.50. The first kappa shape index (κ1) is 20.8. The number of hydrogen-bond acceptors (Lipinski definition) is 5. The normalized spacial score (nSPS) is 12.1. The molecule has 0 saturated heterocycles. The van der Waals surface area contributed by atoms with Gasteiger partial charge in [-0.2, -0.15) is 0 Å². The number of rotatable bonds is 7. The van der Waals surface area contributed by atoms with Crippen molar-refractivity contribution in [2.75, 3.05) is 26.4 Å². The van der Waals surface area contributed by atoms with Gasteiger partial charge in [-0.3, -0.25) is 14.7 Å². The number of benzene rings is 1. The lowest BCUT2D eigenvalue weighted by atomic mass is 10.2. The number of nitrogens with one attached hydrogen (secondary N) is 3. The van der Waals surface area contributed by atoms with Crippen LogP contribution in [0.25, 0.3) is 5.69 Å². The van der Waals surface area contributed by atoms with Gasteiger partial charge in [-0.05, 0) is 38.1 Å². The Hall–Kier alpha value is -2.46. The monoisotopic (exact) mass is 395 g/mol. The molecule has 0 bridgehead atoms. The van der Waals surface area contributed by atoms with Gasteiger partial charge < -0.3 is 10.2 Å². The molecule has 0 spiro atoms. The topological polar surface area (TPSA) is 93.3 Å². The number of halogens is 1. The van der Waals surface area contributed by atoms with Crippen LogP contribution in [0.4, 0.5) is 9.18 Å². The fourth-order valence-corrected chi connectivity index (χ4v) is 3.00. The summed E-state index contributed by atoms with van der Waals surface area (Å²) in [5.74, 6) is -0.0736. The molecule has 2 rings (SSSR count). The quantitative estimate of drug-likeness (QED) is 0.596. The van der Waals surface area contributed by atoms with Crippen LogP contribution in [0, 0.1) is 5.82 Å². The second kappa shape index (κ2) is 9.47. The highest BCUT2D eigenvalue weighted by Crippen LogP contribution is 2.24. The Bertz CT molecular complexity index is 793. The summed E-state index contributed by atoms with van der Waals surface area (Å²) in [6.45, 7) is 4.20. The molecule has 0 fully saturated rings. The second-order valence-electron chi connectivity index (χ2n) is 6.15. The van der Waals surface area contributed by atoms with E-state index >= 15 is 0 Å². The predicted octanol–water partition coefficient (Wildman–Crippen LogP) is 0.550. The molecule has 0 aliphatic rings. The Labute approximate surface area is 161 Å². The highest BCUT2D eigenvalue weighted by molar-refractivity contribution is 7.99. The van der Waals surface area contributed by atoms with E-state index in [-0.39, 0.29) is 17.6 Å². The zero-order valence-corrected chi connectivity index (χ0v) is 16.6. The number of quaternary nitrogens is 1. The maximum Gasteiger partial charge on any atom is 0.321 e. The lowest BCUT2D eigenvalue weighted by Gasteiger charge is -2.18. The van der Waals surface area contributed by atoms with Crippen LogP contribution in [0.5, 0.6) is 0 Å². The number of carbonyl (C=O) groups is 2. The summed E-state index contributed by atoms with van der Waals surface area (Å²) < 4.78 is 15.1. The Kier molecular flexibility index (Phi) is 7.31. The summed E-state index contributed by atoms with van der Waals surface area (Å²) in [4.78, 5) is 24.5. The maximum absolute atomic E-state index is 13.3. The highest BCUT2D eigenvalue weighted by Gasteiger charge is 2.24. The van der Waals surface area contributed by atoms with Crippen molar-refractivity contribution in [2.24, 2.45) is 0 Å². The molecule has 1 aromatic carbocycles. The molecule has 3 N–H and O–H groups in total. The second-order valence-corrected chi connectivity index (χ2v) is 7.09. The third kappa shape index (κ3) is 5.51. The van der Waals surface area contributed by atoms with Crippen molar-refractivity contribution in [1.29, 1.82) is 0 Å². The van der Waals surface area contributed by atoms with Gasteiger partial charge in [-0.25, -0.2) is 9.18 Å². The summed E-state index contributed by atoms with van der Waals surface area (Å²) in [6.07, 6.45) is 0. The number of hydrogen-bond donors (Lipinski definition) is 3. The molecule has 1 atom stereocenters. The lowest BCUT2D eigenvalue weighted by molar-refractivity contribution is -0.890. The van der Waals surface area contributed by atoms with Crippen LogP contribution in [0.2, 0.25) is 0 Å². The van der Waals surface area contributed by atoms with Crippen molar-refractivity contribution >= 4 is 23.7 Å². The molecule has 0 unspecified atom stereocenters. The van der Waals surface area contributed by atoms with Crippen molar-refractivity contribution < 1.29 is 18.9 Å². The summed E-state index contributed by atoms with van der Waals surface area (Å²) in [5, 5.41) is 13.7. The first-order valence-electron chi connectivity index (χ1n) is 8.55. The summed E-state index contributed by atoms with van der Waals surface area (Å²) >= 11 is 1.16. The predicted molar refractivity (Wildman–Crippen MR) is 100 cm³/mol. The van der Waals surface area contributed by atoms with E-state index < -0.39 is 11.9 Å². The van der Waals surface area contributed by atoms with Crippen molar-refractivity contribution in [3.05, 3.63) is 35.9 Å². The van der Waals surface area contributed by atoms with E-state index in [4.69, 9.17) is 0 Å². The van der Waals surface area contributed by atoms with E-state index in [2.05, 4.69) is 20.8 Å². The van der Waals surface area contributed by atoms with Crippen LogP contribution < -0.4 is 15.5 Å². The lowest BCUT2D eigenvalue weighted by Crippen LogP contribution is -3.05. The maximum atomic E-state index is 13.3. The van der Waals surface area contributed by atoms with Crippen LogP contribution in [-0.4, -0.2) is 53.1 Å². The molecule has 1 aromatic heterocycles. The minimum Gasteiger partial charge on any atom is -0.338 e. The molecule has 2 aromatic rings. The zero-order valence-electron chi connectivity index (χ0n) is 15.7. The van der Waals surface area contributed by atoms with Crippen LogP contribution in [0.3, 0.4) is 0 Å². The average Bonchev–Trinajstić information content (AvgIpc) is 3.03. The van der Waals surface area contributed by atoms with Gasteiger partial charge >= 0.3 is 6.03 Å². The van der Waals surface area contributed by atoms with Gasteiger partial charge in [0, 0.05) is 12.2 Å². The number of urea groups is 1. The molecular formula is C17H24FN6O2S+. The number of amides is 3. The SMILES string of the molecule is CCNC(=O)NC(=O)CSc1nnc([C@H](C)[NH+](C)C)n1-c1ccc(F)cc1. The van der Waals surface area contributed by atoms with E-state index in [1.165, 1.54) is 12.1 Å². The Morgan fingerprint density at radius 2 is 1.93 bits per heavy atom. The van der Waals surface area contributed by atoms with Gasteiger partial charge in [0.05, 0.1) is 19.8 Å². The number of aromatic nitrogens is 3. The fraction of sp³-hybridized carbons (Fsp3) is 0.412. The number of thioether (sulfide) groups is 1. The molecule has 0 aliphatic heterocycles. The van der Waals surface area contributed by atoms with Gasteiger partial charge in [-0.1, -0.05) is 11.8 Å². The molecule has 1 heterocycles. The van der Waals surface area contributed by atoms with Crippen LogP contribution in [-0.2, 0) is 4.79 Å². The van der Waals surface area contributed by atoms with Gasteiger partial charge in [-0.15, -0.1) is 10.2 Å². The molecule has 8 nitrogen and oxygen atoms in total. The molecule has 27 heavy (non-hydrogen) atoms. The van der Waals surface area contributed by atoms with Crippen LogP contribution in [0.1, 0.15) is 25.7 Å². The van der Waals surface area contributed by atoms with Gasteiger partial charge in [0.25, 0.3) is 0 Å². The summed E-state index contributed by atoms with van der Waals surface area (Å²) in [5.41, 5.74) is 0.705. The van der Waals surface area contributed by atoms with Crippen LogP contribution >= 0.6 is 11.8 Å². The smallest absolute Gasteiger partial charge is 0.321 e. The van der Waals surface area contributed by atoms with Gasteiger partial charge in [0.15, 0.2) is 11.0 Å². The first-order chi connectivity index (χ1) is 12.8. The van der Waals surface area contributed by atoms with E-state index in [0.717, 1.165) is 16.7 Å². The fourth-order valence-electron chi connectivity index (χ4n) is 2.24. The molecule has 146 valence electrons.